The molecular formula is C13H20N2. The van der Waals surface area contributed by atoms with E-state index >= 15 is 0 Å². The molecule has 2 nitrogen and oxygen atoms in total. The summed E-state index contributed by atoms with van der Waals surface area (Å²) in [7, 11) is 0. The normalized spacial score (nSPS) is 20.9. The van der Waals surface area contributed by atoms with Crippen LogP contribution in [0.4, 0.5) is 11.4 Å². The van der Waals surface area contributed by atoms with Gasteiger partial charge < -0.3 is 10.6 Å². The summed E-state index contributed by atoms with van der Waals surface area (Å²) in [5.41, 5.74) is 9.30. The lowest BCUT2D eigenvalue weighted by Gasteiger charge is -2.19. The Labute approximate surface area is 92.1 Å². The molecule has 1 saturated heterocycles. The molecule has 82 valence electrons. The third-order valence-corrected chi connectivity index (χ3v) is 3.31. The number of aryl methyl sites for hydroxylation is 1. The van der Waals surface area contributed by atoms with E-state index in [2.05, 4.69) is 30.9 Å². The standard InChI is InChI=1S/C13H20N2/c1-3-11-4-5-15(9-11)13-7-10(2)6-12(14)8-13/h6-8,11H,3-5,9,14H2,1-2H3. The lowest BCUT2D eigenvalue weighted by Crippen LogP contribution is -2.19. The summed E-state index contributed by atoms with van der Waals surface area (Å²) in [6, 6.07) is 6.34. The van der Waals surface area contributed by atoms with Crippen LogP contribution in [0.2, 0.25) is 0 Å². The van der Waals surface area contributed by atoms with Crippen molar-refractivity contribution in [3.63, 3.8) is 0 Å². The third kappa shape index (κ3) is 2.25. The van der Waals surface area contributed by atoms with E-state index in [-0.39, 0.29) is 0 Å². The molecule has 1 heterocycles. The molecule has 0 radical (unpaired) electrons. The van der Waals surface area contributed by atoms with Gasteiger partial charge in [0, 0.05) is 24.5 Å². The second-order valence-electron chi connectivity index (χ2n) is 4.61. The predicted octanol–water partition coefficient (Wildman–Crippen LogP) is 2.81. The molecule has 1 unspecified atom stereocenters. The first kappa shape index (κ1) is 10.3. The Morgan fingerprint density at radius 2 is 2.20 bits per heavy atom. The minimum atomic E-state index is 0.867. The van der Waals surface area contributed by atoms with Crippen molar-refractivity contribution in [2.24, 2.45) is 5.92 Å². The highest BCUT2D eigenvalue weighted by molar-refractivity contribution is 5.58. The second-order valence-corrected chi connectivity index (χ2v) is 4.61. The van der Waals surface area contributed by atoms with E-state index in [4.69, 9.17) is 5.73 Å². The second kappa shape index (κ2) is 4.13. The van der Waals surface area contributed by atoms with Crippen molar-refractivity contribution in [1.82, 2.24) is 0 Å². The van der Waals surface area contributed by atoms with Gasteiger partial charge in [0.05, 0.1) is 0 Å². The molecule has 1 fully saturated rings. The fourth-order valence-electron chi connectivity index (χ4n) is 2.37. The maximum Gasteiger partial charge on any atom is 0.0389 e. The Bertz CT molecular complexity index is 326. The molecule has 2 heteroatoms. The predicted molar refractivity (Wildman–Crippen MR) is 66.2 cm³/mol. The summed E-state index contributed by atoms with van der Waals surface area (Å²) in [5.74, 6) is 0.867. The van der Waals surface area contributed by atoms with E-state index in [1.54, 1.807) is 0 Å². The summed E-state index contributed by atoms with van der Waals surface area (Å²) >= 11 is 0. The summed E-state index contributed by atoms with van der Waals surface area (Å²) in [6.45, 7) is 6.76. The first-order valence-electron chi connectivity index (χ1n) is 5.81. The molecule has 0 saturated carbocycles. The smallest absolute Gasteiger partial charge is 0.0389 e. The molecule has 0 bridgehead atoms. The Morgan fingerprint density at radius 3 is 2.80 bits per heavy atom. The molecule has 0 aliphatic carbocycles. The average molecular weight is 204 g/mol. The monoisotopic (exact) mass is 204 g/mol. The average Bonchev–Trinajstić information content (AvgIpc) is 2.64. The van der Waals surface area contributed by atoms with Crippen LogP contribution in [0.1, 0.15) is 25.3 Å². The molecule has 15 heavy (non-hydrogen) atoms. The molecule has 1 aliphatic rings. The maximum absolute atomic E-state index is 5.87. The molecule has 0 amide bonds. The molecule has 0 spiro atoms. The van der Waals surface area contributed by atoms with Gasteiger partial charge in [-0.25, -0.2) is 0 Å². The minimum Gasteiger partial charge on any atom is -0.399 e. The molecule has 1 aliphatic heterocycles. The van der Waals surface area contributed by atoms with E-state index in [9.17, 15) is 0 Å². The van der Waals surface area contributed by atoms with E-state index < -0.39 is 0 Å². The van der Waals surface area contributed by atoms with Gasteiger partial charge >= 0.3 is 0 Å². The molecule has 2 rings (SSSR count). The van der Waals surface area contributed by atoms with Crippen molar-refractivity contribution in [2.75, 3.05) is 23.7 Å². The molecule has 0 aromatic heterocycles. The summed E-state index contributed by atoms with van der Waals surface area (Å²) in [5, 5.41) is 0. The van der Waals surface area contributed by atoms with Gasteiger partial charge in [0.2, 0.25) is 0 Å². The van der Waals surface area contributed by atoms with Crippen LogP contribution in [0.25, 0.3) is 0 Å². The zero-order chi connectivity index (χ0) is 10.8. The Morgan fingerprint density at radius 1 is 1.40 bits per heavy atom. The molecule has 1 aromatic carbocycles. The van der Waals surface area contributed by atoms with Crippen LogP contribution in [0.3, 0.4) is 0 Å². The number of rotatable bonds is 2. The topological polar surface area (TPSA) is 29.3 Å². The molecule has 2 N–H and O–H groups in total. The highest BCUT2D eigenvalue weighted by Gasteiger charge is 2.21. The van der Waals surface area contributed by atoms with Gasteiger partial charge in [0.15, 0.2) is 0 Å². The number of nitrogen functional groups attached to an aromatic ring is 1. The van der Waals surface area contributed by atoms with Crippen LogP contribution in [0, 0.1) is 12.8 Å². The summed E-state index contributed by atoms with van der Waals surface area (Å²) in [4.78, 5) is 2.46. The summed E-state index contributed by atoms with van der Waals surface area (Å²) < 4.78 is 0. The van der Waals surface area contributed by atoms with Gasteiger partial charge in [-0.3, -0.25) is 0 Å². The molecular weight excluding hydrogens is 184 g/mol. The zero-order valence-electron chi connectivity index (χ0n) is 9.66. The largest absolute Gasteiger partial charge is 0.399 e. The number of nitrogens with two attached hydrogens (primary N) is 1. The number of nitrogens with zero attached hydrogens (tertiary/aromatic N) is 1. The first-order valence-corrected chi connectivity index (χ1v) is 5.81. The minimum absolute atomic E-state index is 0.867. The van der Waals surface area contributed by atoms with E-state index in [1.165, 1.54) is 37.2 Å². The van der Waals surface area contributed by atoms with Crippen LogP contribution in [0.15, 0.2) is 18.2 Å². The van der Waals surface area contributed by atoms with Gasteiger partial charge in [0.25, 0.3) is 0 Å². The van der Waals surface area contributed by atoms with Crippen LogP contribution in [-0.4, -0.2) is 13.1 Å². The van der Waals surface area contributed by atoms with Gasteiger partial charge in [-0.05, 0) is 43.0 Å². The van der Waals surface area contributed by atoms with Crippen molar-refractivity contribution in [3.8, 4) is 0 Å². The van der Waals surface area contributed by atoms with Crippen LogP contribution >= 0.6 is 0 Å². The van der Waals surface area contributed by atoms with E-state index in [0.717, 1.165) is 11.6 Å². The van der Waals surface area contributed by atoms with Gasteiger partial charge in [-0.1, -0.05) is 13.3 Å². The number of hydrogen-bond acceptors (Lipinski definition) is 2. The number of benzene rings is 1. The van der Waals surface area contributed by atoms with Gasteiger partial charge in [0.1, 0.15) is 0 Å². The third-order valence-electron chi connectivity index (χ3n) is 3.31. The first-order chi connectivity index (χ1) is 7.19. The van der Waals surface area contributed by atoms with Crippen molar-refractivity contribution >= 4 is 11.4 Å². The van der Waals surface area contributed by atoms with Gasteiger partial charge in [-0.2, -0.15) is 0 Å². The molecule has 1 atom stereocenters. The van der Waals surface area contributed by atoms with Crippen molar-refractivity contribution in [2.45, 2.75) is 26.7 Å². The van der Waals surface area contributed by atoms with Crippen molar-refractivity contribution in [3.05, 3.63) is 23.8 Å². The Hall–Kier alpha value is -1.18. The quantitative estimate of drug-likeness (QED) is 0.751. The lowest BCUT2D eigenvalue weighted by molar-refractivity contribution is 0.569. The Kier molecular flexibility index (Phi) is 2.85. The Balaban J connectivity index is 2.16. The highest BCUT2D eigenvalue weighted by Crippen LogP contribution is 2.27. The van der Waals surface area contributed by atoms with E-state index in [1.807, 2.05) is 6.07 Å². The number of anilines is 2. The fourth-order valence-corrected chi connectivity index (χ4v) is 2.37. The highest BCUT2D eigenvalue weighted by atomic mass is 15.1. The fraction of sp³-hybridized carbons (Fsp3) is 0.538. The van der Waals surface area contributed by atoms with Crippen molar-refractivity contribution in [1.29, 1.82) is 0 Å². The van der Waals surface area contributed by atoms with Crippen LogP contribution < -0.4 is 10.6 Å². The van der Waals surface area contributed by atoms with E-state index in [0.29, 0.717) is 0 Å². The zero-order valence-corrected chi connectivity index (χ0v) is 9.66. The van der Waals surface area contributed by atoms with Crippen LogP contribution in [0.5, 0.6) is 0 Å². The van der Waals surface area contributed by atoms with Crippen LogP contribution in [-0.2, 0) is 0 Å². The van der Waals surface area contributed by atoms with Crippen molar-refractivity contribution < 1.29 is 0 Å². The number of hydrogen-bond donors (Lipinski definition) is 1. The SMILES string of the molecule is CCC1CCN(c2cc(C)cc(N)c2)C1. The molecule has 1 aromatic rings. The lowest BCUT2D eigenvalue weighted by atomic mass is 10.1. The van der Waals surface area contributed by atoms with Gasteiger partial charge in [-0.15, -0.1) is 0 Å². The maximum atomic E-state index is 5.87. The summed E-state index contributed by atoms with van der Waals surface area (Å²) in [6.07, 6.45) is 2.61.